The summed E-state index contributed by atoms with van der Waals surface area (Å²) < 4.78 is 29.7. The lowest BCUT2D eigenvalue weighted by molar-refractivity contribution is 0.0927. The molecule has 0 fully saturated rings. The summed E-state index contributed by atoms with van der Waals surface area (Å²) in [6.45, 7) is 3.82. The molecule has 8 nitrogen and oxygen atoms in total. The predicted molar refractivity (Wildman–Crippen MR) is 100 cm³/mol. The third-order valence-corrected chi connectivity index (χ3v) is 4.94. The van der Waals surface area contributed by atoms with E-state index < -0.39 is 15.9 Å². The van der Waals surface area contributed by atoms with Crippen LogP contribution in [-0.4, -0.2) is 25.1 Å². The first kappa shape index (κ1) is 18.6. The zero-order valence-electron chi connectivity index (χ0n) is 14.7. The molecule has 0 spiro atoms. The van der Waals surface area contributed by atoms with Gasteiger partial charge in [0, 0.05) is 22.6 Å². The van der Waals surface area contributed by atoms with Gasteiger partial charge in [-0.1, -0.05) is 0 Å². The van der Waals surface area contributed by atoms with E-state index in [9.17, 15) is 13.2 Å². The third kappa shape index (κ3) is 3.99. The molecule has 3 aromatic rings. The summed E-state index contributed by atoms with van der Waals surface area (Å²) in [5, 5.41) is 9.09. The van der Waals surface area contributed by atoms with E-state index in [1.165, 1.54) is 18.4 Å². The van der Waals surface area contributed by atoms with Gasteiger partial charge >= 0.3 is 5.91 Å². The molecule has 0 bridgehead atoms. The molecule has 27 heavy (non-hydrogen) atoms. The Morgan fingerprint density at radius 3 is 2.52 bits per heavy atom. The molecule has 3 rings (SSSR count). The van der Waals surface area contributed by atoms with E-state index in [4.69, 9.17) is 9.56 Å². The summed E-state index contributed by atoms with van der Waals surface area (Å²) in [7, 11) is -3.73. The summed E-state index contributed by atoms with van der Waals surface area (Å²) in [5.74, 6) is -0.267. The molecule has 0 aliphatic rings. The van der Waals surface area contributed by atoms with Gasteiger partial charge in [0.25, 0.3) is 0 Å². The SMILES string of the molecule is Cc1cc(C=NNC(=O)c2ccco2)c(C)n1-c1ccc(S(N)(=O)=O)cc1. The summed E-state index contributed by atoms with van der Waals surface area (Å²) in [6, 6.07) is 11.3. The Morgan fingerprint density at radius 2 is 1.93 bits per heavy atom. The second-order valence-corrected chi connectivity index (χ2v) is 7.44. The molecule has 0 radical (unpaired) electrons. The number of amides is 1. The largest absolute Gasteiger partial charge is 0.459 e. The Labute approximate surface area is 156 Å². The molecule has 0 atom stereocenters. The topological polar surface area (TPSA) is 120 Å². The van der Waals surface area contributed by atoms with E-state index in [1.54, 1.807) is 30.5 Å². The molecule has 1 amide bonds. The molecule has 9 heteroatoms. The average molecular weight is 386 g/mol. The van der Waals surface area contributed by atoms with E-state index in [0.29, 0.717) is 0 Å². The summed E-state index contributed by atoms with van der Waals surface area (Å²) in [4.78, 5) is 11.9. The van der Waals surface area contributed by atoms with Crippen LogP contribution in [0.4, 0.5) is 0 Å². The summed E-state index contributed by atoms with van der Waals surface area (Å²) in [6.07, 6.45) is 2.95. The van der Waals surface area contributed by atoms with Crippen LogP contribution in [0.5, 0.6) is 0 Å². The van der Waals surface area contributed by atoms with Crippen LogP contribution >= 0.6 is 0 Å². The summed E-state index contributed by atoms with van der Waals surface area (Å²) >= 11 is 0. The van der Waals surface area contributed by atoms with E-state index in [2.05, 4.69) is 10.5 Å². The summed E-state index contributed by atoms with van der Waals surface area (Å²) in [5.41, 5.74) is 5.80. The number of nitrogens with zero attached hydrogens (tertiary/aromatic N) is 2. The highest BCUT2D eigenvalue weighted by atomic mass is 32.2. The number of benzene rings is 1. The minimum atomic E-state index is -3.73. The Balaban J connectivity index is 1.82. The molecule has 0 saturated carbocycles. The fourth-order valence-corrected chi connectivity index (χ4v) is 3.24. The first-order chi connectivity index (χ1) is 12.8. The number of carbonyl (C=O) groups excluding carboxylic acids is 1. The minimum absolute atomic E-state index is 0.0520. The number of aryl methyl sites for hydroxylation is 1. The molecule has 0 aliphatic carbocycles. The number of aromatic nitrogens is 1. The van der Waals surface area contributed by atoms with Crippen molar-refractivity contribution in [2.24, 2.45) is 10.2 Å². The monoisotopic (exact) mass is 386 g/mol. The van der Waals surface area contributed by atoms with Crippen molar-refractivity contribution in [2.75, 3.05) is 0 Å². The lowest BCUT2D eigenvalue weighted by Crippen LogP contribution is -2.16. The van der Waals surface area contributed by atoms with Crippen molar-refractivity contribution >= 4 is 22.1 Å². The smallest absolute Gasteiger partial charge is 0.307 e. The molecule has 140 valence electrons. The van der Waals surface area contributed by atoms with Gasteiger partial charge in [-0.25, -0.2) is 19.0 Å². The van der Waals surface area contributed by atoms with Gasteiger partial charge in [-0.2, -0.15) is 5.10 Å². The maximum Gasteiger partial charge on any atom is 0.307 e. The minimum Gasteiger partial charge on any atom is -0.459 e. The lowest BCUT2D eigenvalue weighted by Gasteiger charge is -2.10. The molecule has 1 aromatic carbocycles. The van der Waals surface area contributed by atoms with Crippen LogP contribution in [0.1, 0.15) is 27.5 Å². The van der Waals surface area contributed by atoms with Gasteiger partial charge in [0.05, 0.1) is 17.4 Å². The fourth-order valence-electron chi connectivity index (χ4n) is 2.72. The number of nitrogens with one attached hydrogen (secondary N) is 1. The number of primary sulfonamides is 1. The molecule has 0 saturated heterocycles. The third-order valence-electron chi connectivity index (χ3n) is 4.01. The van der Waals surface area contributed by atoms with E-state index in [0.717, 1.165) is 22.6 Å². The fraction of sp³-hybridized carbons (Fsp3) is 0.111. The molecule has 2 heterocycles. The molecular weight excluding hydrogens is 368 g/mol. The molecular formula is C18H18N4O4S. The van der Waals surface area contributed by atoms with E-state index in [1.807, 2.05) is 24.5 Å². The van der Waals surface area contributed by atoms with Crippen LogP contribution in [0.15, 0.2) is 63.1 Å². The van der Waals surface area contributed by atoms with Crippen LogP contribution in [0.3, 0.4) is 0 Å². The molecule has 2 aromatic heterocycles. The van der Waals surface area contributed by atoms with Crippen LogP contribution in [-0.2, 0) is 10.0 Å². The second-order valence-electron chi connectivity index (χ2n) is 5.88. The Hall–Kier alpha value is -3.17. The van der Waals surface area contributed by atoms with Crippen molar-refractivity contribution in [1.29, 1.82) is 0 Å². The van der Waals surface area contributed by atoms with Crippen molar-refractivity contribution in [3.8, 4) is 5.69 Å². The van der Waals surface area contributed by atoms with Crippen molar-refractivity contribution in [3.05, 3.63) is 71.4 Å². The molecule has 0 aliphatic heterocycles. The van der Waals surface area contributed by atoms with Gasteiger partial charge in [-0.05, 0) is 56.3 Å². The zero-order valence-corrected chi connectivity index (χ0v) is 15.5. The number of rotatable bonds is 5. The van der Waals surface area contributed by atoms with Gasteiger partial charge in [-0.15, -0.1) is 0 Å². The Kier molecular flexibility index (Phi) is 4.98. The van der Waals surface area contributed by atoms with Crippen LogP contribution in [0.25, 0.3) is 5.69 Å². The van der Waals surface area contributed by atoms with Gasteiger partial charge in [-0.3, -0.25) is 4.79 Å². The lowest BCUT2D eigenvalue weighted by atomic mass is 10.2. The highest BCUT2D eigenvalue weighted by molar-refractivity contribution is 7.89. The highest BCUT2D eigenvalue weighted by Gasteiger charge is 2.12. The second kappa shape index (κ2) is 7.22. The maximum atomic E-state index is 11.8. The molecule has 3 N–H and O–H groups in total. The van der Waals surface area contributed by atoms with Crippen molar-refractivity contribution < 1.29 is 17.6 Å². The number of hydrogen-bond donors (Lipinski definition) is 2. The standard InChI is InChI=1S/C18H18N4O4S/c1-12-10-14(11-20-21-18(23)17-4-3-9-26-17)13(2)22(12)15-5-7-16(8-6-15)27(19,24)25/h3-11H,1-2H3,(H,21,23)(H2,19,24,25). The predicted octanol–water partition coefficient (Wildman–Crippen LogP) is 2.10. The van der Waals surface area contributed by atoms with Crippen LogP contribution < -0.4 is 10.6 Å². The molecule has 0 unspecified atom stereocenters. The number of nitrogens with two attached hydrogens (primary N) is 1. The first-order valence-corrected chi connectivity index (χ1v) is 9.51. The maximum absolute atomic E-state index is 11.8. The number of sulfonamides is 1. The van der Waals surface area contributed by atoms with E-state index >= 15 is 0 Å². The zero-order chi connectivity index (χ0) is 19.6. The number of hydrogen-bond acceptors (Lipinski definition) is 5. The first-order valence-electron chi connectivity index (χ1n) is 7.96. The Morgan fingerprint density at radius 1 is 1.22 bits per heavy atom. The van der Waals surface area contributed by atoms with Crippen molar-refractivity contribution in [2.45, 2.75) is 18.7 Å². The number of furan rings is 1. The van der Waals surface area contributed by atoms with Gasteiger partial charge < -0.3 is 8.98 Å². The van der Waals surface area contributed by atoms with Crippen LogP contribution in [0, 0.1) is 13.8 Å². The Bertz CT molecular complexity index is 1100. The highest BCUT2D eigenvalue weighted by Crippen LogP contribution is 2.21. The quantitative estimate of drug-likeness (QED) is 0.515. The van der Waals surface area contributed by atoms with Gasteiger partial charge in [0.1, 0.15) is 0 Å². The normalized spacial score (nSPS) is 11.8. The number of carbonyl (C=O) groups is 1. The van der Waals surface area contributed by atoms with Crippen molar-refractivity contribution in [1.82, 2.24) is 9.99 Å². The average Bonchev–Trinajstić information content (AvgIpc) is 3.23. The van der Waals surface area contributed by atoms with Crippen LogP contribution in [0.2, 0.25) is 0 Å². The number of hydrazone groups is 1. The van der Waals surface area contributed by atoms with Crippen molar-refractivity contribution in [3.63, 3.8) is 0 Å². The van der Waals surface area contributed by atoms with E-state index in [-0.39, 0.29) is 10.7 Å². The van der Waals surface area contributed by atoms with Gasteiger partial charge in [0.2, 0.25) is 10.0 Å². The van der Waals surface area contributed by atoms with Gasteiger partial charge in [0.15, 0.2) is 5.76 Å².